The van der Waals surface area contributed by atoms with Crippen molar-refractivity contribution >= 4 is 44.4 Å². The van der Waals surface area contributed by atoms with E-state index in [0.717, 1.165) is 32.6 Å². The lowest BCUT2D eigenvalue weighted by Crippen LogP contribution is -2.06. The van der Waals surface area contributed by atoms with Crippen molar-refractivity contribution in [3.8, 4) is 10.6 Å². The van der Waals surface area contributed by atoms with Gasteiger partial charge in [0.2, 0.25) is 0 Å². The molecule has 0 saturated carbocycles. The average Bonchev–Trinajstić information content (AvgIpc) is 3.20. The number of ketones is 1. The van der Waals surface area contributed by atoms with E-state index in [1.54, 1.807) is 7.11 Å². The summed E-state index contributed by atoms with van der Waals surface area (Å²) in [5.41, 5.74) is 9.46. The van der Waals surface area contributed by atoms with Crippen LogP contribution in [0.1, 0.15) is 17.7 Å². The highest BCUT2D eigenvalue weighted by Crippen LogP contribution is 2.34. The first-order valence-corrected chi connectivity index (χ1v) is 9.80. The van der Waals surface area contributed by atoms with Crippen molar-refractivity contribution in [3.63, 3.8) is 0 Å². The van der Waals surface area contributed by atoms with Crippen molar-refractivity contribution < 1.29 is 9.53 Å². The topological polar surface area (TPSA) is 90.1 Å². The zero-order valence-corrected chi connectivity index (χ0v) is 16.2. The number of nitrogens with two attached hydrogens (primary N) is 1. The number of nitrogens with zero attached hydrogens (tertiary/aromatic N) is 2. The Morgan fingerprint density at radius 3 is 2.69 bits per heavy atom. The Kier molecular flexibility index (Phi) is 5.97. The van der Waals surface area contributed by atoms with Crippen LogP contribution < -0.4 is 11.1 Å². The summed E-state index contributed by atoms with van der Waals surface area (Å²) < 4.78 is 4.93. The number of carbonyl (C=O) groups is 1. The van der Waals surface area contributed by atoms with Crippen LogP contribution >= 0.6 is 22.7 Å². The molecule has 1 aromatic carbocycles. The lowest BCUT2D eigenvalue weighted by Gasteiger charge is -2.05. The smallest absolute Gasteiger partial charge is 0.187 e. The minimum Gasteiger partial charge on any atom is -0.384 e. The summed E-state index contributed by atoms with van der Waals surface area (Å²) in [5, 5.41) is 6.63. The normalized spacial score (nSPS) is 10.8. The lowest BCUT2D eigenvalue weighted by molar-refractivity contribution is -0.119. The molecular weight excluding hydrogens is 368 g/mol. The van der Waals surface area contributed by atoms with E-state index in [0.29, 0.717) is 24.6 Å². The number of methoxy groups -OCH3 is 1. The van der Waals surface area contributed by atoms with Gasteiger partial charge in [0.05, 0.1) is 22.9 Å². The number of anilines is 3. The number of aromatic nitrogens is 2. The molecule has 0 fully saturated rings. The third-order valence-corrected chi connectivity index (χ3v) is 5.51. The lowest BCUT2D eigenvalue weighted by atomic mass is 10.1. The van der Waals surface area contributed by atoms with Gasteiger partial charge in [-0.2, -0.15) is 0 Å². The van der Waals surface area contributed by atoms with E-state index in [1.165, 1.54) is 22.7 Å². The van der Waals surface area contributed by atoms with Gasteiger partial charge >= 0.3 is 0 Å². The first kappa shape index (κ1) is 18.5. The summed E-state index contributed by atoms with van der Waals surface area (Å²) >= 11 is 2.97. The van der Waals surface area contributed by atoms with Crippen LogP contribution in [0, 0.1) is 6.92 Å². The Morgan fingerprint density at radius 2 is 2.04 bits per heavy atom. The van der Waals surface area contributed by atoms with Crippen molar-refractivity contribution in [3.05, 3.63) is 40.9 Å². The zero-order valence-electron chi connectivity index (χ0n) is 14.6. The third kappa shape index (κ3) is 4.66. The number of carbonyl (C=O) groups excluding carboxylic acids is 1. The van der Waals surface area contributed by atoms with Gasteiger partial charge in [0.25, 0.3) is 0 Å². The first-order valence-electron chi connectivity index (χ1n) is 8.10. The van der Waals surface area contributed by atoms with Gasteiger partial charge in [0, 0.05) is 31.0 Å². The van der Waals surface area contributed by atoms with E-state index in [4.69, 9.17) is 10.5 Å². The van der Waals surface area contributed by atoms with E-state index in [1.807, 2.05) is 36.6 Å². The van der Waals surface area contributed by atoms with Crippen molar-refractivity contribution in [1.29, 1.82) is 0 Å². The highest BCUT2D eigenvalue weighted by atomic mass is 32.1. The highest BCUT2D eigenvalue weighted by molar-refractivity contribution is 7.19. The molecule has 0 aliphatic rings. The van der Waals surface area contributed by atoms with E-state index in [-0.39, 0.29) is 5.78 Å². The van der Waals surface area contributed by atoms with E-state index < -0.39 is 0 Å². The van der Waals surface area contributed by atoms with E-state index >= 15 is 0 Å². The van der Waals surface area contributed by atoms with Gasteiger partial charge in [0.15, 0.2) is 10.3 Å². The molecule has 136 valence electrons. The highest BCUT2D eigenvalue weighted by Gasteiger charge is 2.12. The average molecular weight is 389 g/mol. The second-order valence-corrected chi connectivity index (χ2v) is 7.67. The molecule has 26 heavy (non-hydrogen) atoms. The number of hydrogen-bond donors (Lipinski definition) is 2. The number of ether oxygens (including phenoxy) is 1. The maximum absolute atomic E-state index is 11.8. The number of thiazole rings is 2. The standard InChI is InChI=1S/C18H20N4O2S2/c1-11-16(26-17(19)20-11)15-10-25-18(22-15)21-13-5-3-12(4-6-13)9-14(23)7-8-24-2/h3-6,10H,7-9H2,1-2H3,(H2,19,20)(H,21,22). The molecule has 2 heterocycles. The molecule has 3 N–H and O–H groups in total. The van der Waals surface area contributed by atoms with E-state index in [9.17, 15) is 4.79 Å². The van der Waals surface area contributed by atoms with Crippen LogP contribution in [0.3, 0.4) is 0 Å². The Morgan fingerprint density at radius 1 is 1.27 bits per heavy atom. The minimum atomic E-state index is 0.177. The van der Waals surface area contributed by atoms with Crippen molar-refractivity contribution in [2.75, 3.05) is 24.8 Å². The minimum absolute atomic E-state index is 0.177. The second kappa shape index (κ2) is 8.39. The zero-order chi connectivity index (χ0) is 18.5. The van der Waals surface area contributed by atoms with Crippen molar-refractivity contribution in [1.82, 2.24) is 9.97 Å². The van der Waals surface area contributed by atoms with Crippen molar-refractivity contribution in [2.45, 2.75) is 19.8 Å². The maximum atomic E-state index is 11.8. The van der Waals surface area contributed by atoms with Crippen LogP contribution in [0.15, 0.2) is 29.6 Å². The number of hydrogen-bond acceptors (Lipinski definition) is 8. The molecular formula is C18H20N4O2S2. The number of rotatable bonds is 8. The second-order valence-electron chi connectivity index (χ2n) is 5.78. The predicted molar refractivity (Wildman–Crippen MR) is 107 cm³/mol. The molecule has 0 spiro atoms. The number of aryl methyl sites for hydroxylation is 1. The van der Waals surface area contributed by atoms with Gasteiger partial charge in [-0.1, -0.05) is 23.5 Å². The van der Waals surface area contributed by atoms with Crippen LogP contribution in [-0.4, -0.2) is 29.5 Å². The summed E-state index contributed by atoms with van der Waals surface area (Å²) in [6.45, 7) is 2.40. The molecule has 0 bridgehead atoms. The molecule has 0 unspecified atom stereocenters. The van der Waals surface area contributed by atoms with Crippen LogP contribution in [-0.2, 0) is 16.0 Å². The fourth-order valence-corrected chi connectivity index (χ4v) is 4.04. The van der Waals surface area contributed by atoms with Crippen molar-refractivity contribution in [2.24, 2.45) is 0 Å². The number of benzene rings is 1. The fraction of sp³-hybridized carbons (Fsp3) is 0.278. The molecule has 0 radical (unpaired) electrons. The fourth-order valence-electron chi connectivity index (χ4n) is 2.45. The first-order chi connectivity index (χ1) is 12.5. The van der Waals surface area contributed by atoms with Crippen LogP contribution in [0.5, 0.6) is 0 Å². The molecule has 0 atom stereocenters. The summed E-state index contributed by atoms with van der Waals surface area (Å²) in [6, 6.07) is 7.82. The summed E-state index contributed by atoms with van der Waals surface area (Å²) in [6.07, 6.45) is 0.872. The summed E-state index contributed by atoms with van der Waals surface area (Å²) in [5.74, 6) is 0.177. The van der Waals surface area contributed by atoms with Crippen LogP contribution in [0.4, 0.5) is 16.0 Å². The molecule has 8 heteroatoms. The SMILES string of the molecule is COCCC(=O)Cc1ccc(Nc2nc(-c3sc(N)nc3C)cs2)cc1. The van der Waals surface area contributed by atoms with Gasteiger partial charge in [-0.25, -0.2) is 9.97 Å². The number of nitrogens with one attached hydrogen (secondary N) is 1. The molecule has 2 aromatic heterocycles. The Labute approximate surface area is 160 Å². The molecule has 0 aliphatic heterocycles. The van der Waals surface area contributed by atoms with Crippen LogP contribution in [0.25, 0.3) is 10.6 Å². The van der Waals surface area contributed by atoms with Gasteiger partial charge < -0.3 is 15.8 Å². The number of Topliss-reactive ketones (excluding diaryl/α,β-unsaturated/α-hetero) is 1. The Bertz CT molecular complexity index is 887. The summed E-state index contributed by atoms with van der Waals surface area (Å²) in [4.78, 5) is 21.6. The number of nitrogen functional groups attached to an aromatic ring is 1. The van der Waals surface area contributed by atoms with Gasteiger partial charge in [-0.15, -0.1) is 11.3 Å². The molecule has 0 aliphatic carbocycles. The molecule has 0 amide bonds. The molecule has 3 aromatic rings. The molecule has 0 saturated heterocycles. The quantitative estimate of drug-likeness (QED) is 0.605. The summed E-state index contributed by atoms with van der Waals surface area (Å²) in [7, 11) is 1.60. The van der Waals surface area contributed by atoms with Gasteiger partial charge in [0.1, 0.15) is 5.78 Å². The maximum Gasteiger partial charge on any atom is 0.187 e. The predicted octanol–water partition coefficient (Wildman–Crippen LogP) is 4.05. The van der Waals surface area contributed by atoms with E-state index in [2.05, 4.69) is 15.3 Å². The van der Waals surface area contributed by atoms with Gasteiger partial charge in [-0.3, -0.25) is 4.79 Å². The Hall–Kier alpha value is -2.29. The monoisotopic (exact) mass is 388 g/mol. The molecule has 6 nitrogen and oxygen atoms in total. The Balaban J connectivity index is 1.63. The van der Waals surface area contributed by atoms with Gasteiger partial charge in [-0.05, 0) is 24.6 Å². The third-order valence-electron chi connectivity index (χ3n) is 3.74. The molecule has 3 rings (SSSR count). The van der Waals surface area contributed by atoms with Crippen LogP contribution in [0.2, 0.25) is 0 Å². The largest absolute Gasteiger partial charge is 0.384 e.